The largest absolute Gasteiger partial charge is 0.497 e. The summed E-state index contributed by atoms with van der Waals surface area (Å²) in [6.45, 7) is 6.33. The molecule has 0 atom stereocenters. The van der Waals surface area contributed by atoms with Crippen molar-refractivity contribution in [2.45, 2.75) is 27.2 Å². The Morgan fingerprint density at radius 1 is 1.17 bits per heavy atom. The average Bonchev–Trinajstić information content (AvgIpc) is 3.12. The third-order valence-corrected chi connectivity index (χ3v) is 5.11. The number of likely N-dealkylation sites (N-methyl/N-ethyl adjacent to an activating group) is 1. The van der Waals surface area contributed by atoms with E-state index >= 15 is 0 Å². The number of fused-ring (bicyclic) bond motifs is 1. The lowest BCUT2D eigenvalue weighted by Gasteiger charge is -2.20. The van der Waals surface area contributed by atoms with E-state index in [4.69, 9.17) is 9.15 Å². The van der Waals surface area contributed by atoms with Crippen LogP contribution in [0.1, 0.15) is 23.6 Å². The minimum absolute atomic E-state index is 0.0134. The van der Waals surface area contributed by atoms with Crippen molar-refractivity contribution in [3.8, 4) is 5.75 Å². The molecule has 0 fully saturated rings. The van der Waals surface area contributed by atoms with Crippen LogP contribution in [0.4, 0.5) is 5.69 Å². The molecular weight excluding hydrogens is 368 g/mol. The predicted octanol–water partition coefficient (Wildman–Crippen LogP) is 4.09. The van der Waals surface area contributed by atoms with Gasteiger partial charge < -0.3 is 19.4 Å². The highest BCUT2D eigenvalue weighted by molar-refractivity contribution is 5.96. The first-order valence-electron chi connectivity index (χ1n) is 9.61. The summed E-state index contributed by atoms with van der Waals surface area (Å²) >= 11 is 0. The standard InChI is InChI=1S/C23H26N2O4/c1-5-25(13-21(26)24-18-7-6-8-19(12-18)28-4)22(27)11-17-14-29-23-16(3)15(2)9-10-20(17)23/h6-10,12,14H,5,11,13H2,1-4H3,(H,24,26). The van der Waals surface area contributed by atoms with Crippen molar-refractivity contribution in [3.63, 3.8) is 0 Å². The Morgan fingerprint density at radius 3 is 2.69 bits per heavy atom. The van der Waals surface area contributed by atoms with Gasteiger partial charge in [-0.15, -0.1) is 0 Å². The van der Waals surface area contributed by atoms with Crippen LogP contribution >= 0.6 is 0 Å². The fraction of sp³-hybridized carbons (Fsp3) is 0.304. The molecular formula is C23H26N2O4. The molecule has 29 heavy (non-hydrogen) atoms. The van der Waals surface area contributed by atoms with E-state index in [1.54, 1.807) is 37.6 Å². The highest BCUT2D eigenvalue weighted by Crippen LogP contribution is 2.27. The molecule has 0 radical (unpaired) electrons. The number of benzene rings is 2. The number of nitrogens with one attached hydrogen (secondary N) is 1. The number of hydrogen-bond donors (Lipinski definition) is 1. The first-order chi connectivity index (χ1) is 13.9. The summed E-state index contributed by atoms with van der Waals surface area (Å²) in [5.74, 6) is 0.287. The number of methoxy groups -OCH3 is 1. The molecule has 2 aromatic carbocycles. The molecule has 6 heteroatoms. The van der Waals surface area contributed by atoms with Crippen LogP contribution in [-0.4, -0.2) is 36.9 Å². The van der Waals surface area contributed by atoms with Crippen LogP contribution in [0.3, 0.4) is 0 Å². The topological polar surface area (TPSA) is 71.8 Å². The highest BCUT2D eigenvalue weighted by atomic mass is 16.5. The number of carbonyl (C=O) groups excluding carboxylic acids is 2. The SMILES string of the molecule is CCN(CC(=O)Nc1cccc(OC)c1)C(=O)Cc1coc2c(C)c(C)ccc12. The van der Waals surface area contributed by atoms with Crippen molar-refractivity contribution in [1.29, 1.82) is 0 Å². The molecule has 2 amide bonds. The second-order valence-corrected chi connectivity index (χ2v) is 7.01. The van der Waals surface area contributed by atoms with Crippen molar-refractivity contribution in [2.24, 2.45) is 0 Å². The van der Waals surface area contributed by atoms with Crippen LogP contribution in [0.5, 0.6) is 5.75 Å². The second-order valence-electron chi connectivity index (χ2n) is 7.01. The number of hydrogen-bond acceptors (Lipinski definition) is 4. The summed E-state index contributed by atoms with van der Waals surface area (Å²) in [5, 5.41) is 3.75. The number of anilines is 1. The summed E-state index contributed by atoms with van der Waals surface area (Å²) in [5.41, 5.74) is 4.50. The second kappa shape index (κ2) is 8.82. The molecule has 1 aromatic heterocycles. The van der Waals surface area contributed by atoms with Gasteiger partial charge in [-0.3, -0.25) is 9.59 Å². The van der Waals surface area contributed by atoms with E-state index in [9.17, 15) is 9.59 Å². The molecule has 0 aliphatic carbocycles. The Kier molecular flexibility index (Phi) is 6.22. The number of ether oxygens (including phenoxy) is 1. The minimum atomic E-state index is -0.253. The predicted molar refractivity (Wildman–Crippen MR) is 113 cm³/mol. The van der Waals surface area contributed by atoms with Gasteiger partial charge in [-0.05, 0) is 44.0 Å². The zero-order valence-electron chi connectivity index (χ0n) is 17.2. The summed E-state index contributed by atoms with van der Waals surface area (Å²) in [6.07, 6.45) is 1.83. The molecule has 6 nitrogen and oxygen atoms in total. The maximum atomic E-state index is 12.8. The zero-order valence-corrected chi connectivity index (χ0v) is 17.2. The average molecular weight is 394 g/mol. The lowest BCUT2D eigenvalue weighted by atomic mass is 10.0. The third kappa shape index (κ3) is 4.59. The van der Waals surface area contributed by atoms with E-state index in [0.29, 0.717) is 18.0 Å². The van der Waals surface area contributed by atoms with Crippen LogP contribution in [-0.2, 0) is 16.0 Å². The number of aryl methyl sites for hydroxylation is 2. The molecule has 0 bridgehead atoms. The lowest BCUT2D eigenvalue weighted by molar-refractivity contribution is -0.133. The molecule has 3 rings (SSSR count). The molecule has 1 N–H and O–H groups in total. The van der Waals surface area contributed by atoms with Gasteiger partial charge in [-0.1, -0.05) is 18.2 Å². The van der Waals surface area contributed by atoms with Gasteiger partial charge >= 0.3 is 0 Å². The molecule has 0 saturated heterocycles. The van der Waals surface area contributed by atoms with Gasteiger partial charge in [0.2, 0.25) is 11.8 Å². The Bertz CT molecular complexity index is 1040. The molecule has 0 unspecified atom stereocenters. The van der Waals surface area contributed by atoms with Crippen LogP contribution in [0.15, 0.2) is 47.1 Å². The van der Waals surface area contributed by atoms with E-state index in [0.717, 1.165) is 27.7 Å². The van der Waals surface area contributed by atoms with E-state index in [1.807, 2.05) is 32.9 Å². The molecule has 152 valence electrons. The van der Waals surface area contributed by atoms with Crippen LogP contribution < -0.4 is 10.1 Å². The normalized spacial score (nSPS) is 10.8. The maximum Gasteiger partial charge on any atom is 0.243 e. The Labute approximate surface area is 170 Å². The van der Waals surface area contributed by atoms with Gasteiger partial charge in [0.25, 0.3) is 0 Å². The van der Waals surface area contributed by atoms with Gasteiger partial charge in [0.15, 0.2) is 0 Å². The van der Waals surface area contributed by atoms with Gasteiger partial charge in [0, 0.05) is 29.2 Å². The maximum absolute atomic E-state index is 12.8. The van der Waals surface area contributed by atoms with Crippen LogP contribution in [0.2, 0.25) is 0 Å². The number of furan rings is 1. The molecule has 1 heterocycles. The number of nitrogens with zero attached hydrogens (tertiary/aromatic N) is 1. The van der Waals surface area contributed by atoms with Gasteiger partial charge in [-0.25, -0.2) is 0 Å². The number of amides is 2. The summed E-state index contributed by atoms with van der Waals surface area (Å²) in [6, 6.07) is 11.1. The fourth-order valence-corrected chi connectivity index (χ4v) is 3.25. The molecule has 3 aromatic rings. The quantitative estimate of drug-likeness (QED) is 0.655. The van der Waals surface area contributed by atoms with Crippen molar-refractivity contribution >= 4 is 28.5 Å². The molecule has 0 spiro atoms. The van der Waals surface area contributed by atoms with Gasteiger partial charge in [0.05, 0.1) is 26.3 Å². The van der Waals surface area contributed by atoms with Crippen molar-refractivity contribution in [2.75, 3.05) is 25.5 Å². The number of rotatable bonds is 7. The molecule has 0 aliphatic rings. The summed E-state index contributed by atoms with van der Waals surface area (Å²) in [7, 11) is 1.57. The van der Waals surface area contributed by atoms with Gasteiger partial charge in [-0.2, -0.15) is 0 Å². The smallest absolute Gasteiger partial charge is 0.243 e. The first kappa shape index (κ1) is 20.5. The van der Waals surface area contributed by atoms with E-state index < -0.39 is 0 Å². The fourth-order valence-electron chi connectivity index (χ4n) is 3.25. The highest BCUT2D eigenvalue weighted by Gasteiger charge is 2.19. The Balaban J connectivity index is 1.67. The van der Waals surface area contributed by atoms with Crippen molar-refractivity contribution in [1.82, 2.24) is 4.90 Å². The zero-order chi connectivity index (χ0) is 21.0. The molecule has 0 aliphatic heterocycles. The minimum Gasteiger partial charge on any atom is -0.497 e. The van der Waals surface area contributed by atoms with Crippen molar-refractivity contribution in [3.05, 3.63) is 59.4 Å². The van der Waals surface area contributed by atoms with Gasteiger partial charge in [0.1, 0.15) is 11.3 Å². The van der Waals surface area contributed by atoms with Crippen molar-refractivity contribution < 1.29 is 18.7 Å². The summed E-state index contributed by atoms with van der Waals surface area (Å²) in [4.78, 5) is 26.8. The van der Waals surface area contributed by atoms with Crippen LogP contribution in [0, 0.1) is 13.8 Å². The van der Waals surface area contributed by atoms with E-state index in [2.05, 4.69) is 5.32 Å². The summed E-state index contributed by atoms with van der Waals surface area (Å²) < 4.78 is 10.9. The third-order valence-electron chi connectivity index (χ3n) is 5.11. The Hall–Kier alpha value is -3.28. The number of carbonyl (C=O) groups is 2. The Morgan fingerprint density at radius 2 is 1.97 bits per heavy atom. The molecule has 0 saturated carbocycles. The lowest BCUT2D eigenvalue weighted by Crippen LogP contribution is -2.38. The van der Waals surface area contributed by atoms with E-state index in [-0.39, 0.29) is 24.8 Å². The monoisotopic (exact) mass is 394 g/mol. The van der Waals surface area contributed by atoms with E-state index in [1.165, 1.54) is 4.90 Å². The first-order valence-corrected chi connectivity index (χ1v) is 9.61. The van der Waals surface area contributed by atoms with Crippen LogP contribution in [0.25, 0.3) is 11.0 Å².